The Bertz CT molecular complexity index is 1660. The van der Waals surface area contributed by atoms with Crippen molar-refractivity contribution in [1.29, 1.82) is 0 Å². The molecule has 0 aromatic heterocycles. The fourth-order valence-electron chi connectivity index (χ4n) is 4.54. The zero-order chi connectivity index (χ0) is 35.5. The number of amides is 1. The van der Waals surface area contributed by atoms with Crippen molar-refractivity contribution in [1.82, 2.24) is 5.32 Å². The number of allylic oxidation sites excluding steroid dienone is 4. The lowest BCUT2D eigenvalue weighted by molar-refractivity contribution is -0.275. The Balaban J connectivity index is 0.00000307. The van der Waals surface area contributed by atoms with Crippen molar-refractivity contribution in [2.75, 3.05) is 13.2 Å². The molecule has 7 nitrogen and oxygen atoms in total. The minimum Gasteiger partial charge on any atom is -0.489 e. The van der Waals surface area contributed by atoms with Crippen LogP contribution in [0.4, 0.5) is 26.3 Å². The summed E-state index contributed by atoms with van der Waals surface area (Å²) >= 11 is 0. The molecule has 0 unspecified atom stereocenters. The van der Waals surface area contributed by atoms with Crippen LogP contribution in [0.1, 0.15) is 53.7 Å². The number of hydrogen-bond acceptors (Lipinski definition) is 5. The van der Waals surface area contributed by atoms with Crippen molar-refractivity contribution in [3.63, 3.8) is 0 Å². The van der Waals surface area contributed by atoms with Crippen molar-refractivity contribution in [3.8, 4) is 17.2 Å². The number of hydrogen-bond donors (Lipinski definition) is 2. The highest BCUT2D eigenvalue weighted by molar-refractivity contribution is 5.94. The molecule has 0 saturated heterocycles. The Labute approximate surface area is 273 Å². The third-order valence-corrected chi connectivity index (χ3v) is 6.60. The summed E-state index contributed by atoms with van der Waals surface area (Å²) in [7, 11) is 0. The van der Waals surface area contributed by atoms with Crippen LogP contribution >= 0.6 is 0 Å². The number of carbonyl (C=O) groups is 2. The number of halogens is 6. The molecule has 0 radical (unpaired) electrons. The van der Waals surface area contributed by atoms with Gasteiger partial charge in [0, 0.05) is 12.1 Å². The molecule has 0 heterocycles. The molecule has 13 heteroatoms. The molecule has 0 spiro atoms. The number of aryl methyl sites for hydroxylation is 1. The van der Waals surface area contributed by atoms with Crippen LogP contribution < -0.4 is 19.5 Å². The van der Waals surface area contributed by atoms with Gasteiger partial charge in [-0.05, 0) is 101 Å². The van der Waals surface area contributed by atoms with Gasteiger partial charge in [-0.25, -0.2) is 0 Å². The average Bonchev–Trinajstić information content (AvgIpc) is 3.24. The highest BCUT2D eigenvalue weighted by Gasteiger charge is 2.32. The number of alkyl halides is 6. The summed E-state index contributed by atoms with van der Waals surface area (Å²) in [4.78, 5) is 22.9. The Morgan fingerprint density at radius 3 is 2.00 bits per heavy atom. The fourth-order valence-corrected chi connectivity index (χ4v) is 4.54. The van der Waals surface area contributed by atoms with Crippen molar-refractivity contribution in [3.05, 3.63) is 113 Å². The molecule has 48 heavy (non-hydrogen) atoms. The Morgan fingerprint density at radius 1 is 0.812 bits per heavy atom. The Morgan fingerprint density at radius 2 is 1.42 bits per heavy atom. The van der Waals surface area contributed by atoms with Gasteiger partial charge < -0.3 is 24.6 Å². The molecule has 1 aliphatic carbocycles. The van der Waals surface area contributed by atoms with Gasteiger partial charge in [0.2, 0.25) is 0 Å². The van der Waals surface area contributed by atoms with Crippen LogP contribution in [0.25, 0.3) is 11.1 Å². The molecular weight excluding hydrogens is 644 g/mol. The quantitative estimate of drug-likeness (QED) is 0.197. The van der Waals surface area contributed by atoms with Crippen LogP contribution in [0.5, 0.6) is 17.2 Å². The monoisotopic (exact) mass is 677 g/mol. The standard InChI is InChI=1S/C33H27F6NO6.C2H6/c1-20-17-24(9-14-29(20)46-33(37,38)39)28-4-2-3-23(21-5-12-27(13-6-21)45-32(34,35)36)18-25(28)19-44-26-10-7-22(8-11-26)31(43)40-16-15-30(41)42;1-2/h3-14,17-18H,2,15-16,19H2,1H3,(H,40,43)(H,41,42);1-2H3. The first kappa shape index (κ1) is 37.3. The first-order valence-corrected chi connectivity index (χ1v) is 14.7. The van der Waals surface area contributed by atoms with Gasteiger partial charge in [-0.3, -0.25) is 9.59 Å². The highest BCUT2D eigenvalue weighted by Crippen LogP contribution is 2.35. The summed E-state index contributed by atoms with van der Waals surface area (Å²) in [6.07, 6.45) is -4.06. The van der Waals surface area contributed by atoms with E-state index in [0.29, 0.717) is 40.0 Å². The summed E-state index contributed by atoms with van der Waals surface area (Å²) in [5.41, 5.74) is 3.62. The molecule has 256 valence electrons. The van der Waals surface area contributed by atoms with Crippen molar-refractivity contribution in [2.24, 2.45) is 0 Å². The first-order valence-electron chi connectivity index (χ1n) is 14.7. The number of nitrogens with one attached hydrogen (secondary N) is 1. The molecule has 0 aliphatic heterocycles. The minimum absolute atomic E-state index is 0.0254. The van der Waals surface area contributed by atoms with Gasteiger partial charge in [-0.1, -0.05) is 44.2 Å². The van der Waals surface area contributed by atoms with E-state index in [1.807, 2.05) is 26.0 Å². The van der Waals surface area contributed by atoms with Gasteiger partial charge in [0.15, 0.2) is 0 Å². The summed E-state index contributed by atoms with van der Waals surface area (Å²) in [6.45, 7) is 5.42. The fraction of sp³-hybridized carbons (Fsp3) is 0.257. The second-order valence-corrected chi connectivity index (χ2v) is 10.00. The van der Waals surface area contributed by atoms with Crippen molar-refractivity contribution in [2.45, 2.75) is 46.3 Å². The van der Waals surface area contributed by atoms with Gasteiger partial charge in [-0.2, -0.15) is 0 Å². The largest absolute Gasteiger partial charge is 0.573 e. The number of carboxylic acids is 1. The topological polar surface area (TPSA) is 94.1 Å². The van der Waals surface area contributed by atoms with Crippen LogP contribution in [-0.4, -0.2) is 42.9 Å². The number of ether oxygens (including phenoxy) is 3. The number of aliphatic carboxylic acids is 1. The first-order chi connectivity index (χ1) is 22.7. The van der Waals surface area contributed by atoms with Crippen LogP contribution in [-0.2, 0) is 4.79 Å². The zero-order valence-corrected chi connectivity index (χ0v) is 26.2. The van der Waals surface area contributed by atoms with E-state index in [2.05, 4.69) is 14.8 Å². The molecule has 0 atom stereocenters. The van der Waals surface area contributed by atoms with Crippen LogP contribution in [0, 0.1) is 6.92 Å². The number of carboxylic acid groups (broad SMARTS) is 1. The summed E-state index contributed by atoms with van der Waals surface area (Å²) < 4.78 is 90.5. The third kappa shape index (κ3) is 11.6. The van der Waals surface area contributed by atoms with Crippen molar-refractivity contribution < 1.29 is 55.2 Å². The van der Waals surface area contributed by atoms with Crippen LogP contribution in [0.3, 0.4) is 0 Å². The molecule has 0 fully saturated rings. The minimum atomic E-state index is -4.86. The lowest BCUT2D eigenvalue weighted by Crippen LogP contribution is -2.25. The summed E-state index contributed by atoms with van der Waals surface area (Å²) in [5, 5.41) is 11.2. The third-order valence-electron chi connectivity index (χ3n) is 6.60. The van der Waals surface area contributed by atoms with Gasteiger partial charge >= 0.3 is 18.7 Å². The maximum absolute atomic E-state index is 12.8. The molecule has 0 saturated carbocycles. The number of rotatable bonds is 11. The zero-order valence-electron chi connectivity index (χ0n) is 26.2. The Kier molecular flexibility index (Phi) is 12.9. The molecule has 1 amide bonds. The molecule has 3 aromatic carbocycles. The second-order valence-electron chi connectivity index (χ2n) is 10.00. The molecule has 2 N–H and O–H groups in total. The van der Waals surface area contributed by atoms with Gasteiger partial charge in [-0.15, -0.1) is 26.3 Å². The van der Waals surface area contributed by atoms with Gasteiger partial charge in [0.25, 0.3) is 5.91 Å². The smallest absolute Gasteiger partial charge is 0.489 e. The number of benzene rings is 3. The van der Waals surface area contributed by atoms with E-state index in [9.17, 15) is 35.9 Å². The molecular formula is C35H33F6NO6. The SMILES string of the molecule is CC.Cc1cc(C2=CCC=C(c3ccc(OC(F)(F)F)cc3)C=C2COc2ccc(C(=O)NCCC(=O)O)cc2)ccc1OC(F)(F)F. The molecule has 3 aromatic rings. The molecule has 4 rings (SSSR count). The predicted molar refractivity (Wildman–Crippen MR) is 168 cm³/mol. The van der Waals surface area contributed by atoms with E-state index < -0.39 is 24.6 Å². The van der Waals surface area contributed by atoms with E-state index in [-0.39, 0.29) is 42.2 Å². The summed E-state index contributed by atoms with van der Waals surface area (Å²) in [5.74, 6) is -1.85. The normalized spacial score (nSPS) is 13.1. The van der Waals surface area contributed by atoms with E-state index in [0.717, 1.165) is 0 Å². The van der Waals surface area contributed by atoms with Gasteiger partial charge in [0.1, 0.15) is 23.9 Å². The van der Waals surface area contributed by atoms with Crippen LogP contribution in [0.15, 0.2) is 90.5 Å². The molecule has 0 bridgehead atoms. The lowest BCUT2D eigenvalue weighted by atomic mass is 9.94. The Hall–Kier alpha value is -5.20. The molecule has 1 aliphatic rings. The maximum atomic E-state index is 12.8. The maximum Gasteiger partial charge on any atom is 0.573 e. The highest BCUT2D eigenvalue weighted by atomic mass is 19.4. The van der Waals surface area contributed by atoms with Crippen molar-refractivity contribution >= 4 is 23.0 Å². The number of carbonyl (C=O) groups excluding carboxylic acids is 1. The van der Waals surface area contributed by atoms with Crippen LogP contribution in [0.2, 0.25) is 0 Å². The second kappa shape index (κ2) is 16.6. The van der Waals surface area contributed by atoms with E-state index in [1.54, 1.807) is 24.3 Å². The van der Waals surface area contributed by atoms with E-state index >= 15 is 0 Å². The van der Waals surface area contributed by atoms with E-state index in [1.165, 1.54) is 55.5 Å². The van der Waals surface area contributed by atoms with Gasteiger partial charge in [0.05, 0.1) is 6.42 Å². The summed E-state index contributed by atoms with van der Waals surface area (Å²) in [6, 6.07) is 15.7. The van der Waals surface area contributed by atoms with E-state index in [4.69, 9.17) is 9.84 Å². The average molecular weight is 678 g/mol. The predicted octanol–water partition coefficient (Wildman–Crippen LogP) is 8.90. The lowest BCUT2D eigenvalue weighted by Gasteiger charge is -2.17.